The van der Waals surface area contributed by atoms with E-state index in [1.807, 2.05) is 40.6 Å². The lowest BCUT2D eigenvalue weighted by molar-refractivity contribution is 0.0509. The van der Waals surface area contributed by atoms with Gasteiger partial charge in [0.2, 0.25) is 0 Å². The number of ether oxygens (including phenoxy) is 1. The molecular weight excluding hydrogens is 362 g/mol. The number of hydrogen-bond acceptors (Lipinski definition) is 6. The monoisotopic (exact) mass is 383 g/mol. The minimum absolute atomic E-state index is 0.00663. The van der Waals surface area contributed by atoms with Gasteiger partial charge in [-0.15, -0.1) is 11.3 Å². The second-order valence-corrected chi connectivity index (χ2v) is 7.66. The molecule has 1 aliphatic heterocycles. The molecule has 2 aromatic heterocycles. The molecule has 1 amide bonds. The maximum Gasteiger partial charge on any atom is 0.257 e. The molecule has 0 spiro atoms. The van der Waals surface area contributed by atoms with Crippen LogP contribution in [0.2, 0.25) is 0 Å². The van der Waals surface area contributed by atoms with Gasteiger partial charge in [0.25, 0.3) is 11.8 Å². The number of benzene rings is 1. The molecule has 0 bridgehead atoms. The quantitative estimate of drug-likeness (QED) is 0.645. The van der Waals surface area contributed by atoms with E-state index in [9.17, 15) is 4.79 Å². The molecule has 27 heavy (non-hydrogen) atoms. The maximum absolute atomic E-state index is 13.1. The van der Waals surface area contributed by atoms with Crippen LogP contribution in [0.3, 0.4) is 0 Å². The summed E-state index contributed by atoms with van der Waals surface area (Å²) in [5.74, 6) is 1.05. The second kappa shape index (κ2) is 8.02. The Hall–Kier alpha value is -2.51. The van der Waals surface area contributed by atoms with Gasteiger partial charge < -0.3 is 14.2 Å². The fourth-order valence-corrected chi connectivity index (χ4v) is 3.92. The largest absolute Gasteiger partial charge is 0.376 e. The Morgan fingerprint density at radius 1 is 1.30 bits per heavy atom. The van der Waals surface area contributed by atoms with Crippen molar-refractivity contribution in [2.45, 2.75) is 32.4 Å². The molecule has 3 aromatic rings. The van der Waals surface area contributed by atoms with Gasteiger partial charge in [0, 0.05) is 29.2 Å². The molecule has 0 radical (unpaired) electrons. The van der Waals surface area contributed by atoms with Gasteiger partial charge in [0.1, 0.15) is 0 Å². The van der Waals surface area contributed by atoms with Crippen molar-refractivity contribution in [3.05, 3.63) is 58.0 Å². The molecular formula is C20H21N3O3S. The zero-order chi connectivity index (χ0) is 18.6. The molecule has 0 N–H and O–H groups in total. The molecule has 1 aromatic carbocycles. The second-order valence-electron chi connectivity index (χ2n) is 6.62. The van der Waals surface area contributed by atoms with Crippen LogP contribution < -0.4 is 0 Å². The summed E-state index contributed by atoms with van der Waals surface area (Å²) < 4.78 is 10.9. The third-order valence-corrected chi connectivity index (χ3v) is 5.43. The number of hydrogen-bond donors (Lipinski definition) is 0. The average Bonchev–Trinajstić information content (AvgIpc) is 3.44. The smallest absolute Gasteiger partial charge is 0.257 e. The highest BCUT2D eigenvalue weighted by molar-refractivity contribution is 7.09. The predicted molar refractivity (Wildman–Crippen MR) is 103 cm³/mol. The minimum Gasteiger partial charge on any atom is -0.376 e. The Morgan fingerprint density at radius 2 is 2.15 bits per heavy atom. The van der Waals surface area contributed by atoms with Gasteiger partial charge in [-0.2, -0.15) is 4.98 Å². The van der Waals surface area contributed by atoms with Crippen molar-refractivity contribution in [2.75, 3.05) is 13.2 Å². The van der Waals surface area contributed by atoms with Crippen molar-refractivity contribution in [1.82, 2.24) is 15.0 Å². The maximum atomic E-state index is 13.1. The first-order chi connectivity index (χ1) is 13.2. The fraction of sp³-hybridized carbons (Fsp3) is 0.350. The van der Waals surface area contributed by atoms with Crippen LogP contribution in [0.4, 0.5) is 0 Å². The number of carbonyl (C=O) groups is 1. The molecule has 3 heterocycles. The van der Waals surface area contributed by atoms with E-state index in [1.165, 1.54) is 4.88 Å². The highest BCUT2D eigenvalue weighted by Crippen LogP contribution is 2.21. The van der Waals surface area contributed by atoms with E-state index in [2.05, 4.69) is 16.2 Å². The number of nitrogens with zero attached hydrogens (tertiary/aromatic N) is 3. The Balaban J connectivity index is 1.52. The summed E-state index contributed by atoms with van der Waals surface area (Å²) in [6.45, 7) is 3.77. The van der Waals surface area contributed by atoms with Crippen molar-refractivity contribution in [1.29, 1.82) is 0 Å². The summed E-state index contributed by atoms with van der Waals surface area (Å²) in [6.07, 6.45) is 2.18. The standard InChI is InChI=1S/C20H21N3O3S/c1-14-21-19(26-22-14)15-6-8-16(9-7-15)20(24)23(12-17-4-2-10-25-17)13-18-5-3-11-27-18/h3,5-9,11,17H,2,4,10,12-13H2,1H3. The molecule has 1 saturated heterocycles. The van der Waals surface area contributed by atoms with Crippen LogP contribution in [-0.4, -0.2) is 40.2 Å². The number of aromatic nitrogens is 2. The summed E-state index contributed by atoms with van der Waals surface area (Å²) in [5, 5.41) is 5.84. The van der Waals surface area contributed by atoms with Gasteiger partial charge >= 0.3 is 0 Å². The lowest BCUT2D eigenvalue weighted by atomic mass is 10.1. The summed E-state index contributed by atoms with van der Waals surface area (Å²) in [5.41, 5.74) is 1.45. The SMILES string of the molecule is Cc1noc(-c2ccc(C(=O)N(Cc3cccs3)CC3CCCO3)cc2)n1. The summed E-state index contributed by atoms with van der Waals surface area (Å²) in [6, 6.07) is 11.4. The summed E-state index contributed by atoms with van der Waals surface area (Å²) in [4.78, 5) is 20.4. The van der Waals surface area contributed by atoms with Crippen LogP contribution in [0, 0.1) is 6.92 Å². The molecule has 4 rings (SSSR count). The summed E-state index contributed by atoms with van der Waals surface area (Å²) >= 11 is 1.66. The number of thiophene rings is 1. The number of carbonyl (C=O) groups excluding carboxylic acids is 1. The van der Waals surface area contributed by atoms with Gasteiger partial charge in [0.05, 0.1) is 12.6 Å². The third kappa shape index (κ3) is 4.26. The van der Waals surface area contributed by atoms with Crippen molar-refractivity contribution < 1.29 is 14.1 Å². The lowest BCUT2D eigenvalue weighted by Crippen LogP contribution is -2.36. The molecule has 0 saturated carbocycles. The van der Waals surface area contributed by atoms with Gasteiger partial charge in [-0.05, 0) is 55.5 Å². The zero-order valence-corrected chi connectivity index (χ0v) is 15.9. The van der Waals surface area contributed by atoms with E-state index >= 15 is 0 Å². The van der Waals surface area contributed by atoms with E-state index in [1.54, 1.807) is 18.3 Å². The molecule has 6 nitrogen and oxygen atoms in total. The highest BCUT2D eigenvalue weighted by Gasteiger charge is 2.24. The van der Waals surface area contributed by atoms with E-state index in [0.717, 1.165) is 25.0 Å². The molecule has 1 fully saturated rings. The minimum atomic E-state index is 0.00663. The van der Waals surface area contributed by atoms with Gasteiger partial charge in [-0.1, -0.05) is 11.2 Å². The third-order valence-electron chi connectivity index (χ3n) is 4.57. The first kappa shape index (κ1) is 17.9. The zero-order valence-electron chi connectivity index (χ0n) is 15.1. The number of rotatable bonds is 6. The van der Waals surface area contributed by atoms with Crippen LogP contribution in [0.1, 0.15) is 33.9 Å². The van der Waals surface area contributed by atoms with Gasteiger partial charge in [-0.3, -0.25) is 4.79 Å². The molecule has 7 heteroatoms. The topological polar surface area (TPSA) is 68.5 Å². The van der Waals surface area contributed by atoms with Crippen LogP contribution in [0.5, 0.6) is 0 Å². The molecule has 140 valence electrons. The Labute approximate surface area is 161 Å². The van der Waals surface area contributed by atoms with Crippen molar-refractivity contribution in [3.63, 3.8) is 0 Å². The Morgan fingerprint density at radius 3 is 2.78 bits per heavy atom. The first-order valence-electron chi connectivity index (χ1n) is 9.03. The van der Waals surface area contributed by atoms with E-state index in [0.29, 0.717) is 30.4 Å². The average molecular weight is 383 g/mol. The summed E-state index contributed by atoms with van der Waals surface area (Å²) in [7, 11) is 0. The molecule has 1 atom stereocenters. The van der Waals surface area contributed by atoms with Gasteiger partial charge in [0.15, 0.2) is 5.82 Å². The molecule has 0 aliphatic carbocycles. The van der Waals surface area contributed by atoms with E-state index in [-0.39, 0.29) is 12.0 Å². The van der Waals surface area contributed by atoms with E-state index < -0.39 is 0 Å². The van der Waals surface area contributed by atoms with Gasteiger partial charge in [-0.25, -0.2) is 0 Å². The van der Waals surface area contributed by atoms with Crippen LogP contribution in [0.15, 0.2) is 46.3 Å². The van der Waals surface area contributed by atoms with Crippen molar-refractivity contribution >= 4 is 17.2 Å². The predicted octanol–water partition coefficient (Wildman–Crippen LogP) is 3.93. The van der Waals surface area contributed by atoms with E-state index in [4.69, 9.17) is 9.26 Å². The Kier molecular flexibility index (Phi) is 5.31. The van der Waals surface area contributed by atoms with Crippen molar-refractivity contribution in [2.24, 2.45) is 0 Å². The first-order valence-corrected chi connectivity index (χ1v) is 9.91. The van der Waals surface area contributed by atoms with Crippen LogP contribution >= 0.6 is 11.3 Å². The number of aryl methyl sites for hydroxylation is 1. The van der Waals surface area contributed by atoms with Crippen LogP contribution in [0.25, 0.3) is 11.5 Å². The van der Waals surface area contributed by atoms with Crippen LogP contribution in [-0.2, 0) is 11.3 Å². The normalized spacial score (nSPS) is 16.6. The molecule has 1 aliphatic rings. The van der Waals surface area contributed by atoms with Crippen molar-refractivity contribution in [3.8, 4) is 11.5 Å². The lowest BCUT2D eigenvalue weighted by Gasteiger charge is -2.25. The number of amides is 1. The Bertz CT molecular complexity index is 884. The highest BCUT2D eigenvalue weighted by atomic mass is 32.1. The fourth-order valence-electron chi connectivity index (χ4n) is 3.20. The molecule has 1 unspecified atom stereocenters.